The Balaban J connectivity index is 1.68. The molecule has 2 aromatic heterocycles. The summed E-state index contributed by atoms with van der Waals surface area (Å²) in [5.41, 5.74) is 1.40. The first kappa shape index (κ1) is 28.3. The van der Waals surface area contributed by atoms with E-state index in [0.29, 0.717) is 43.4 Å². The van der Waals surface area contributed by atoms with Gasteiger partial charge in [-0.05, 0) is 57.2 Å². The lowest BCUT2D eigenvalue weighted by Crippen LogP contribution is -2.40. The molecule has 1 N–H and O–H groups in total. The molecule has 0 aliphatic carbocycles. The van der Waals surface area contributed by atoms with Gasteiger partial charge in [-0.15, -0.1) is 0 Å². The monoisotopic (exact) mass is 636 g/mol. The summed E-state index contributed by atoms with van der Waals surface area (Å²) in [5, 5.41) is 9.55. The molecule has 0 saturated carbocycles. The maximum atomic E-state index is 13.9. The van der Waals surface area contributed by atoms with E-state index in [1.54, 1.807) is 69.3 Å². The summed E-state index contributed by atoms with van der Waals surface area (Å²) >= 11 is 4.65. The number of carboxylic acids is 1. The zero-order valence-electron chi connectivity index (χ0n) is 22.5. The zero-order chi connectivity index (χ0) is 29.4. The Kier molecular flexibility index (Phi) is 7.83. The second kappa shape index (κ2) is 11.3. The lowest BCUT2D eigenvalue weighted by molar-refractivity contribution is -0.143. The molecule has 0 unspecified atom stereocenters. The van der Waals surface area contributed by atoms with Gasteiger partial charge in [0, 0.05) is 21.7 Å². The van der Waals surface area contributed by atoms with Crippen LogP contribution >= 0.6 is 27.3 Å². The van der Waals surface area contributed by atoms with E-state index >= 15 is 0 Å². The van der Waals surface area contributed by atoms with Crippen LogP contribution in [0.1, 0.15) is 48.5 Å². The number of ether oxygens (including phenoxy) is 2. The minimum Gasteiger partial charge on any atom is -0.496 e. The van der Waals surface area contributed by atoms with Crippen LogP contribution in [0.3, 0.4) is 0 Å². The number of halogens is 1. The highest BCUT2D eigenvalue weighted by Gasteiger charge is 2.35. The van der Waals surface area contributed by atoms with Crippen LogP contribution in [0.15, 0.2) is 84.5 Å². The number of carbonyl (C=O) groups excluding carboxylic acids is 1. The molecule has 1 aliphatic rings. The number of aromatic carboxylic acids is 1. The zero-order valence-corrected chi connectivity index (χ0v) is 24.9. The van der Waals surface area contributed by atoms with Crippen molar-refractivity contribution in [2.45, 2.75) is 32.9 Å². The quantitative estimate of drug-likeness (QED) is 0.286. The maximum absolute atomic E-state index is 13.9. The lowest BCUT2D eigenvalue weighted by atomic mass is 9.95. The standard InChI is InChI=1S/C30H25BrN2O7S/c1-15(2)39-29(37)25-16(3)32-30-33(26(25)21-13-17(31)9-11-22(21)38-4)27(34)24(41-30)14-18-10-12-23(40-18)19-7-5-6-8-20(19)28(35)36/h5-15,26H,1-4H3,(H,35,36)/b24-14-/t26-/m0/s1. The third-order valence-corrected chi connectivity index (χ3v) is 7.87. The van der Waals surface area contributed by atoms with Crippen molar-refractivity contribution in [1.29, 1.82) is 0 Å². The number of esters is 1. The Hall–Kier alpha value is -4.22. The van der Waals surface area contributed by atoms with Gasteiger partial charge in [-0.25, -0.2) is 14.6 Å². The van der Waals surface area contributed by atoms with Gasteiger partial charge in [0.05, 0.1) is 34.6 Å². The van der Waals surface area contributed by atoms with Crippen LogP contribution in [-0.2, 0) is 9.53 Å². The number of aromatic nitrogens is 1. The molecule has 0 saturated heterocycles. The smallest absolute Gasteiger partial charge is 0.338 e. The van der Waals surface area contributed by atoms with Crippen molar-refractivity contribution in [3.63, 3.8) is 0 Å². The Labute approximate surface area is 246 Å². The fourth-order valence-electron chi connectivity index (χ4n) is 4.66. The molecule has 1 atom stereocenters. The Bertz CT molecular complexity index is 1900. The Morgan fingerprint density at radius 1 is 1.17 bits per heavy atom. The number of carboxylic acid groups (broad SMARTS) is 1. The van der Waals surface area contributed by atoms with E-state index in [-0.39, 0.29) is 22.8 Å². The van der Waals surface area contributed by atoms with Crippen LogP contribution in [-0.4, -0.2) is 34.8 Å². The van der Waals surface area contributed by atoms with Gasteiger partial charge in [0.1, 0.15) is 23.3 Å². The van der Waals surface area contributed by atoms with Crippen molar-refractivity contribution >= 4 is 45.3 Å². The molecule has 3 heterocycles. The van der Waals surface area contributed by atoms with E-state index in [4.69, 9.17) is 13.9 Å². The number of methoxy groups -OCH3 is 1. The highest BCUT2D eigenvalue weighted by atomic mass is 79.9. The molecule has 0 bridgehead atoms. The second-order valence-electron chi connectivity index (χ2n) is 9.47. The SMILES string of the molecule is COc1ccc(Br)cc1[C@H]1C(C(=O)OC(C)C)=C(C)N=c2s/c(=C\c3ccc(-c4ccccc4C(=O)O)o3)c(=O)n21. The second-order valence-corrected chi connectivity index (χ2v) is 11.4. The first-order valence-electron chi connectivity index (χ1n) is 12.6. The van der Waals surface area contributed by atoms with Crippen molar-refractivity contribution in [3.05, 3.63) is 107 Å². The van der Waals surface area contributed by atoms with Gasteiger partial charge in [0.2, 0.25) is 0 Å². The molecule has 41 heavy (non-hydrogen) atoms. The highest BCUT2D eigenvalue weighted by Crippen LogP contribution is 2.37. The van der Waals surface area contributed by atoms with E-state index in [9.17, 15) is 19.5 Å². The van der Waals surface area contributed by atoms with Crippen LogP contribution in [0.5, 0.6) is 5.75 Å². The number of hydrogen-bond acceptors (Lipinski definition) is 8. The number of hydrogen-bond donors (Lipinski definition) is 1. The molecule has 1 aliphatic heterocycles. The predicted octanol–water partition coefficient (Wildman–Crippen LogP) is 4.92. The third-order valence-electron chi connectivity index (χ3n) is 6.39. The maximum Gasteiger partial charge on any atom is 0.338 e. The van der Waals surface area contributed by atoms with E-state index in [2.05, 4.69) is 20.9 Å². The van der Waals surface area contributed by atoms with Crippen LogP contribution in [0.2, 0.25) is 0 Å². The summed E-state index contributed by atoms with van der Waals surface area (Å²) in [5.74, 6) is -0.442. The number of allylic oxidation sites excluding steroid dienone is 1. The molecule has 0 radical (unpaired) electrons. The fourth-order valence-corrected chi connectivity index (χ4v) is 6.07. The number of furan rings is 1. The molecule has 11 heteroatoms. The molecular weight excluding hydrogens is 612 g/mol. The highest BCUT2D eigenvalue weighted by molar-refractivity contribution is 9.10. The summed E-state index contributed by atoms with van der Waals surface area (Å²) in [4.78, 5) is 44.0. The summed E-state index contributed by atoms with van der Waals surface area (Å²) < 4.78 is 19.6. The third kappa shape index (κ3) is 5.42. The van der Waals surface area contributed by atoms with Crippen LogP contribution in [0.4, 0.5) is 0 Å². The topological polar surface area (TPSA) is 120 Å². The van der Waals surface area contributed by atoms with Gasteiger partial charge in [0.25, 0.3) is 5.56 Å². The minimum absolute atomic E-state index is 0.104. The van der Waals surface area contributed by atoms with E-state index in [1.165, 1.54) is 17.7 Å². The van der Waals surface area contributed by atoms with E-state index < -0.39 is 18.0 Å². The minimum atomic E-state index is -1.07. The molecule has 0 spiro atoms. The molecule has 2 aromatic carbocycles. The van der Waals surface area contributed by atoms with Gasteiger partial charge < -0.3 is 19.0 Å². The summed E-state index contributed by atoms with van der Waals surface area (Å²) in [6.45, 7) is 5.22. The van der Waals surface area contributed by atoms with Crippen molar-refractivity contribution in [2.75, 3.05) is 7.11 Å². The van der Waals surface area contributed by atoms with Gasteiger partial charge in [-0.3, -0.25) is 9.36 Å². The molecule has 9 nitrogen and oxygen atoms in total. The lowest BCUT2D eigenvalue weighted by Gasteiger charge is -2.26. The fraction of sp³-hybridized carbons (Fsp3) is 0.200. The first-order valence-corrected chi connectivity index (χ1v) is 14.2. The Morgan fingerprint density at radius 3 is 2.63 bits per heavy atom. The van der Waals surface area contributed by atoms with Crippen molar-refractivity contribution in [2.24, 2.45) is 4.99 Å². The molecule has 0 fully saturated rings. The normalized spacial score (nSPS) is 15.1. The number of rotatable bonds is 7. The molecular formula is C30H25BrN2O7S. The largest absolute Gasteiger partial charge is 0.496 e. The first-order chi connectivity index (χ1) is 19.6. The molecule has 5 rings (SSSR count). The van der Waals surface area contributed by atoms with Crippen molar-refractivity contribution in [1.82, 2.24) is 4.57 Å². The van der Waals surface area contributed by atoms with Crippen molar-refractivity contribution < 1.29 is 28.6 Å². The number of carbonyl (C=O) groups is 2. The average molecular weight is 638 g/mol. The number of thiazole rings is 1. The van der Waals surface area contributed by atoms with Gasteiger partial charge in [-0.2, -0.15) is 0 Å². The van der Waals surface area contributed by atoms with Crippen LogP contribution < -0.4 is 19.6 Å². The summed E-state index contributed by atoms with van der Waals surface area (Å²) in [6.07, 6.45) is 1.20. The molecule has 210 valence electrons. The summed E-state index contributed by atoms with van der Waals surface area (Å²) in [6, 6.07) is 14.4. The predicted molar refractivity (Wildman–Crippen MR) is 157 cm³/mol. The number of benzene rings is 2. The van der Waals surface area contributed by atoms with Gasteiger partial charge >= 0.3 is 11.9 Å². The van der Waals surface area contributed by atoms with E-state index in [0.717, 1.165) is 15.8 Å². The van der Waals surface area contributed by atoms with Crippen molar-refractivity contribution in [3.8, 4) is 17.1 Å². The Morgan fingerprint density at radius 2 is 1.93 bits per heavy atom. The van der Waals surface area contributed by atoms with E-state index in [1.807, 2.05) is 6.07 Å². The number of fused-ring (bicyclic) bond motifs is 1. The van der Waals surface area contributed by atoms with Gasteiger partial charge in [0.15, 0.2) is 4.80 Å². The van der Waals surface area contributed by atoms with Crippen LogP contribution in [0.25, 0.3) is 17.4 Å². The van der Waals surface area contributed by atoms with Gasteiger partial charge in [-0.1, -0.05) is 45.5 Å². The van der Waals surface area contributed by atoms with Crippen LogP contribution in [0, 0.1) is 0 Å². The number of nitrogens with zero attached hydrogens (tertiary/aromatic N) is 2. The molecule has 0 amide bonds. The average Bonchev–Trinajstić information content (AvgIpc) is 3.51. The molecule has 4 aromatic rings. The summed E-state index contributed by atoms with van der Waals surface area (Å²) in [7, 11) is 1.52.